The second kappa shape index (κ2) is 15.5. The molecule has 3 N–H and O–H groups in total. The largest absolute Gasteiger partial charge is 0.321 e. The van der Waals surface area contributed by atoms with Gasteiger partial charge in [-0.3, -0.25) is 14.4 Å². The summed E-state index contributed by atoms with van der Waals surface area (Å²) in [7, 11) is 0. The minimum Gasteiger partial charge on any atom is -0.321 e. The number of thiazole rings is 1. The Morgan fingerprint density at radius 3 is 2.41 bits per heavy atom. The number of thioether (sulfide) groups is 1. The second-order valence-electron chi connectivity index (χ2n) is 9.93. The predicted octanol–water partition coefficient (Wildman–Crippen LogP) is 8.52. The topological polar surface area (TPSA) is 100 Å². The third kappa shape index (κ3) is 8.69. The first-order chi connectivity index (χ1) is 22.3. The lowest BCUT2D eigenvalue weighted by molar-refractivity contribution is -0.116. The maximum absolute atomic E-state index is 13.5. The van der Waals surface area contributed by atoms with E-state index in [-0.39, 0.29) is 17.4 Å². The minimum atomic E-state index is -0.545. The quantitative estimate of drug-likeness (QED) is 0.0966. The molecule has 0 bridgehead atoms. The van der Waals surface area contributed by atoms with Crippen LogP contribution in [0.3, 0.4) is 0 Å². The van der Waals surface area contributed by atoms with E-state index in [1.165, 1.54) is 41.3 Å². The molecule has 0 aliphatic heterocycles. The molecule has 0 aliphatic carbocycles. The highest BCUT2D eigenvalue weighted by molar-refractivity contribution is 8.00. The Kier molecular flexibility index (Phi) is 11.0. The lowest BCUT2D eigenvalue weighted by Gasteiger charge is -2.15. The van der Waals surface area contributed by atoms with Crippen molar-refractivity contribution in [1.29, 1.82) is 0 Å². The summed E-state index contributed by atoms with van der Waals surface area (Å²) in [6.07, 6.45) is 2.06. The predicted molar refractivity (Wildman–Crippen MR) is 184 cm³/mol. The third-order valence-corrected chi connectivity index (χ3v) is 9.10. The number of hydrogen-bond donors (Lipinski definition) is 3. The molecule has 7 nitrogen and oxygen atoms in total. The molecule has 1 aromatic heterocycles. The van der Waals surface area contributed by atoms with Crippen molar-refractivity contribution in [3.05, 3.63) is 136 Å². The van der Waals surface area contributed by atoms with E-state index in [2.05, 4.69) is 20.9 Å². The first-order valence-corrected chi connectivity index (χ1v) is 16.4. The molecule has 3 amide bonds. The number of rotatable bonds is 11. The van der Waals surface area contributed by atoms with Gasteiger partial charge in [0.1, 0.15) is 11.5 Å². The van der Waals surface area contributed by atoms with Crippen LogP contribution in [0, 0.1) is 5.82 Å². The van der Waals surface area contributed by atoms with Gasteiger partial charge in [-0.1, -0.05) is 61.0 Å². The maximum atomic E-state index is 13.5. The summed E-state index contributed by atoms with van der Waals surface area (Å²) in [6, 6.07) is 28.7. The van der Waals surface area contributed by atoms with Gasteiger partial charge in [-0.05, 0) is 78.7 Å². The number of anilines is 2. The number of aromatic nitrogens is 1. The SMILES string of the molecule is CCC(Sc1cccc(NC(=O)/C(=C\c2ccccc2Cl)NC(=O)c2ccccc2)c1)C(=O)Nc1nc(-c2ccc(F)cc2)cs1. The Morgan fingerprint density at radius 2 is 1.67 bits per heavy atom. The second-order valence-corrected chi connectivity index (χ2v) is 12.5. The van der Waals surface area contributed by atoms with E-state index < -0.39 is 17.1 Å². The molecule has 0 saturated carbocycles. The van der Waals surface area contributed by atoms with E-state index in [4.69, 9.17) is 11.6 Å². The lowest BCUT2D eigenvalue weighted by Crippen LogP contribution is -2.30. The Labute approximate surface area is 278 Å². The van der Waals surface area contributed by atoms with Gasteiger partial charge in [0.05, 0.1) is 10.9 Å². The Balaban J connectivity index is 1.28. The molecule has 11 heteroatoms. The zero-order valence-electron chi connectivity index (χ0n) is 24.5. The smallest absolute Gasteiger partial charge is 0.272 e. The number of halogens is 2. The molecule has 0 fully saturated rings. The van der Waals surface area contributed by atoms with Gasteiger partial charge in [-0.15, -0.1) is 23.1 Å². The fourth-order valence-electron chi connectivity index (χ4n) is 4.29. The molecule has 5 aromatic rings. The molecule has 46 heavy (non-hydrogen) atoms. The summed E-state index contributed by atoms with van der Waals surface area (Å²) in [6.45, 7) is 1.91. The third-order valence-electron chi connectivity index (χ3n) is 6.64. The monoisotopic (exact) mass is 670 g/mol. The van der Waals surface area contributed by atoms with Gasteiger partial charge in [0.25, 0.3) is 11.8 Å². The van der Waals surface area contributed by atoms with Gasteiger partial charge in [0.2, 0.25) is 5.91 Å². The van der Waals surface area contributed by atoms with E-state index >= 15 is 0 Å². The van der Waals surface area contributed by atoms with Gasteiger partial charge in [0, 0.05) is 32.1 Å². The van der Waals surface area contributed by atoms with Crippen LogP contribution < -0.4 is 16.0 Å². The van der Waals surface area contributed by atoms with Crippen LogP contribution in [0.5, 0.6) is 0 Å². The van der Waals surface area contributed by atoms with Crippen molar-refractivity contribution >= 4 is 69.3 Å². The summed E-state index contributed by atoms with van der Waals surface area (Å²) in [4.78, 5) is 44.8. The van der Waals surface area contributed by atoms with Crippen molar-refractivity contribution in [2.75, 3.05) is 10.6 Å². The summed E-state index contributed by atoms with van der Waals surface area (Å²) in [5, 5.41) is 10.7. The number of carbonyl (C=O) groups excluding carboxylic acids is 3. The van der Waals surface area contributed by atoms with E-state index in [1.54, 1.807) is 90.3 Å². The highest BCUT2D eigenvalue weighted by Crippen LogP contribution is 2.30. The normalized spacial score (nSPS) is 11.8. The van der Waals surface area contributed by atoms with E-state index in [0.29, 0.717) is 39.1 Å². The number of nitrogens with one attached hydrogen (secondary N) is 3. The highest BCUT2D eigenvalue weighted by Gasteiger charge is 2.21. The van der Waals surface area contributed by atoms with Crippen molar-refractivity contribution in [3.8, 4) is 11.3 Å². The zero-order chi connectivity index (χ0) is 32.5. The fourth-order valence-corrected chi connectivity index (χ4v) is 6.22. The zero-order valence-corrected chi connectivity index (χ0v) is 26.9. The Hall–Kier alpha value is -4.77. The fraction of sp³-hybridized carbons (Fsp3) is 0.0857. The molecule has 1 heterocycles. The Bertz CT molecular complexity index is 1880. The van der Waals surface area contributed by atoms with Crippen molar-refractivity contribution < 1.29 is 18.8 Å². The van der Waals surface area contributed by atoms with E-state index in [0.717, 1.165) is 10.5 Å². The van der Waals surface area contributed by atoms with Crippen LogP contribution >= 0.6 is 34.7 Å². The van der Waals surface area contributed by atoms with Crippen molar-refractivity contribution in [2.24, 2.45) is 0 Å². The molecule has 1 atom stereocenters. The van der Waals surface area contributed by atoms with E-state index in [1.807, 2.05) is 13.0 Å². The van der Waals surface area contributed by atoms with Gasteiger partial charge in [0.15, 0.2) is 5.13 Å². The summed E-state index contributed by atoms with van der Waals surface area (Å²) < 4.78 is 13.3. The van der Waals surface area contributed by atoms with E-state index in [9.17, 15) is 18.8 Å². The van der Waals surface area contributed by atoms with Crippen LogP contribution in [0.2, 0.25) is 5.02 Å². The number of nitrogens with zero attached hydrogens (tertiary/aromatic N) is 1. The molecule has 4 aromatic carbocycles. The Morgan fingerprint density at radius 1 is 0.935 bits per heavy atom. The highest BCUT2D eigenvalue weighted by atomic mass is 35.5. The molecular formula is C35H28ClFN4O3S2. The molecule has 0 aliphatic rings. The van der Waals surface area contributed by atoms with Gasteiger partial charge < -0.3 is 16.0 Å². The van der Waals surface area contributed by atoms with Crippen LogP contribution in [0.15, 0.2) is 119 Å². The lowest BCUT2D eigenvalue weighted by atomic mass is 10.1. The molecule has 0 spiro atoms. The summed E-state index contributed by atoms with van der Waals surface area (Å²) in [5.74, 6) is -1.53. The number of amides is 3. The van der Waals surface area contributed by atoms with Crippen LogP contribution in [-0.2, 0) is 9.59 Å². The average molecular weight is 671 g/mol. The van der Waals surface area contributed by atoms with Gasteiger partial charge >= 0.3 is 0 Å². The summed E-state index contributed by atoms with van der Waals surface area (Å²) in [5.41, 5.74) is 2.85. The summed E-state index contributed by atoms with van der Waals surface area (Å²) >= 11 is 8.98. The molecule has 0 saturated heterocycles. The number of benzene rings is 4. The van der Waals surface area contributed by atoms with Crippen molar-refractivity contribution in [3.63, 3.8) is 0 Å². The molecule has 0 radical (unpaired) electrons. The van der Waals surface area contributed by atoms with Crippen molar-refractivity contribution in [2.45, 2.75) is 23.5 Å². The molecule has 5 rings (SSSR count). The first-order valence-electron chi connectivity index (χ1n) is 14.2. The van der Waals surface area contributed by atoms with Gasteiger partial charge in [-0.2, -0.15) is 0 Å². The van der Waals surface area contributed by atoms with Crippen LogP contribution in [0.25, 0.3) is 17.3 Å². The van der Waals surface area contributed by atoms with Crippen LogP contribution in [0.1, 0.15) is 29.3 Å². The van der Waals surface area contributed by atoms with Crippen molar-refractivity contribution in [1.82, 2.24) is 10.3 Å². The molecular weight excluding hydrogens is 643 g/mol. The molecule has 1 unspecified atom stereocenters. The maximum Gasteiger partial charge on any atom is 0.272 e. The van der Waals surface area contributed by atoms with Crippen LogP contribution in [-0.4, -0.2) is 28.0 Å². The standard InChI is InChI=1S/C35H28ClFN4O3S2/c1-2-31(34(44)41-35-40-30(21-45-35)22-15-17-25(37)18-16-22)46-27-13-8-12-26(20-27)38-33(43)29(19-24-11-6-7-14-28(24)36)39-32(42)23-9-4-3-5-10-23/h3-21,31H,2H2,1H3,(H,38,43)(H,39,42)(H,40,41,44)/b29-19+. The van der Waals surface area contributed by atoms with Crippen LogP contribution in [0.4, 0.5) is 15.2 Å². The minimum absolute atomic E-state index is 0.00859. The average Bonchev–Trinajstić information content (AvgIpc) is 3.53. The molecule has 232 valence electrons. The van der Waals surface area contributed by atoms with Gasteiger partial charge in [-0.25, -0.2) is 9.37 Å². The first kappa shape index (κ1) is 32.6. The number of hydrogen-bond acceptors (Lipinski definition) is 6. The number of carbonyl (C=O) groups is 3.